The third kappa shape index (κ3) is 6.27. The molecule has 0 aliphatic heterocycles. The summed E-state index contributed by atoms with van der Waals surface area (Å²) in [6, 6.07) is 16.1. The molecule has 0 radical (unpaired) electrons. The summed E-state index contributed by atoms with van der Waals surface area (Å²) < 4.78 is 30.7. The number of hydrogen-bond acceptors (Lipinski definition) is 4. The van der Waals surface area contributed by atoms with Crippen LogP contribution in [-0.4, -0.2) is 34.2 Å². The van der Waals surface area contributed by atoms with Gasteiger partial charge in [-0.1, -0.05) is 44.2 Å². The minimum Gasteiger partial charge on any atom is -0.497 e. The van der Waals surface area contributed by atoms with E-state index in [-0.39, 0.29) is 18.5 Å². The van der Waals surface area contributed by atoms with E-state index in [1.165, 1.54) is 7.11 Å². The van der Waals surface area contributed by atoms with Crippen molar-refractivity contribution in [3.8, 4) is 5.75 Å². The van der Waals surface area contributed by atoms with Gasteiger partial charge in [-0.15, -0.1) is 0 Å². The summed E-state index contributed by atoms with van der Waals surface area (Å²) in [6.45, 7) is 3.89. The fourth-order valence-corrected chi connectivity index (χ4v) is 3.81. The van der Waals surface area contributed by atoms with Crippen molar-refractivity contribution in [2.24, 2.45) is 5.92 Å². The SMILES string of the molecule is COc1ccc(N(CC(=O)NC(CC(C)C)c2ccccc2)S(C)(=O)=O)cc1. The van der Waals surface area contributed by atoms with Crippen molar-refractivity contribution in [2.45, 2.75) is 26.3 Å². The molecule has 7 heteroatoms. The van der Waals surface area contributed by atoms with Crippen LogP contribution in [0, 0.1) is 5.92 Å². The van der Waals surface area contributed by atoms with Crippen LogP contribution < -0.4 is 14.4 Å². The van der Waals surface area contributed by atoms with Crippen LogP contribution >= 0.6 is 0 Å². The van der Waals surface area contributed by atoms with E-state index < -0.39 is 10.0 Å². The van der Waals surface area contributed by atoms with Crippen LogP contribution in [0.25, 0.3) is 0 Å². The summed E-state index contributed by atoms with van der Waals surface area (Å²) in [5.41, 5.74) is 1.42. The van der Waals surface area contributed by atoms with E-state index in [9.17, 15) is 13.2 Å². The van der Waals surface area contributed by atoms with Gasteiger partial charge in [0.05, 0.1) is 25.1 Å². The van der Waals surface area contributed by atoms with Gasteiger partial charge in [-0.05, 0) is 42.2 Å². The van der Waals surface area contributed by atoms with E-state index >= 15 is 0 Å². The molecule has 1 N–H and O–H groups in total. The van der Waals surface area contributed by atoms with Crippen LogP contribution in [0.2, 0.25) is 0 Å². The number of ether oxygens (including phenoxy) is 1. The van der Waals surface area contributed by atoms with Crippen molar-refractivity contribution in [3.05, 3.63) is 60.2 Å². The molecular formula is C21H28N2O4S. The van der Waals surface area contributed by atoms with E-state index in [0.29, 0.717) is 17.4 Å². The Kier molecular flexibility index (Phi) is 7.45. The van der Waals surface area contributed by atoms with E-state index in [2.05, 4.69) is 19.2 Å². The van der Waals surface area contributed by atoms with Gasteiger partial charge in [0.2, 0.25) is 15.9 Å². The van der Waals surface area contributed by atoms with Crippen LogP contribution in [0.15, 0.2) is 54.6 Å². The lowest BCUT2D eigenvalue weighted by atomic mass is 9.97. The van der Waals surface area contributed by atoms with Gasteiger partial charge in [0.1, 0.15) is 12.3 Å². The summed E-state index contributed by atoms with van der Waals surface area (Å²) in [5, 5.41) is 2.99. The third-order valence-electron chi connectivity index (χ3n) is 4.29. The van der Waals surface area contributed by atoms with Crippen molar-refractivity contribution >= 4 is 21.6 Å². The molecule has 0 bridgehead atoms. The van der Waals surface area contributed by atoms with E-state index in [1.807, 2.05) is 30.3 Å². The number of amides is 1. The molecule has 0 aromatic heterocycles. The van der Waals surface area contributed by atoms with Gasteiger partial charge < -0.3 is 10.1 Å². The molecule has 1 atom stereocenters. The molecule has 1 unspecified atom stereocenters. The zero-order chi connectivity index (χ0) is 20.7. The van der Waals surface area contributed by atoms with Gasteiger partial charge in [-0.25, -0.2) is 8.42 Å². The second-order valence-electron chi connectivity index (χ2n) is 7.13. The monoisotopic (exact) mass is 404 g/mol. The summed E-state index contributed by atoms with van der Waals surface area (Å²) >= 11 is 0. The molecule has 0 saturated carbocycles. The number of methoxy groups -OCH3 is 1. The Morgan fingerprint density at radius 3 is 2.18 bits per heavy atom. The lowest BCUT2D eigenvalue weighted by molar-refractivity contribution is -0.120. The lowest BCUT2D eigenvalue weighted by Gasteiger charge is -2.25. The second kappa shape index (κ2) is 9.59. The van der Waals surface area contributed by atoms with Crippen LogP contribution in [0.5, 0.6) is 5.75 Å². The minimum absolute atomic E-state index is 0.175. The molecule has 2 aromatic rings. The third-order valence-corrected chi connectivity index (χ3v) is 5.43. The first-order chi connectivity index (χ1) is 13.2. The number of nitrogens with zero attached hydrogens (tertiary/aromatic N) is 1. The molecule has 1 amide bonds. The molecule has 152 valence electrons. The highest BCUT2D eigenvalue weighted by Crippen LogP contribution is 2.23. The summed E-state index contributed by atoms with van der Waals surface area (Å²) in [4.78, 5) is 12.7. The number of sulfonamides is 1. The predicted octanol–water partition coefficient (Wildman–Crippen LogP) is 3.36. The Bertz CT molecular complexity index is 865. The van der Waals surface area contributed by atoms with Crippen molar-refractivity contribution in [1.82, 2.24) is 5.32 Å². The van der Waals surface area contributed by atoms with E-state index in [0.717, 1.165) is 22.5 Å². The Morgan fingerprint density at radius 1 is 1.07 bits per heavy atom. The zero-order valence-electron chi connectivity index (χ0n) is 16.8. The first-order valence-electron chi connectivity index (χ1n) is 9.16. The Labute approximate surface area is 167 Å². The molecule has 2 rings (SSSR count). The van der Waals surface area contributed by atoms with Gasteiger partial charge in [0.15, 0.2) is 0 Å². The average Bonchev–Trinajstić information content (AvgIpc) is 2.65. The van der Waals surface area contributed by atoms with E-state index in [4.69, 9.17) is 4.74 Å². The molecule has 6 nitrogen and oxygen atoms in total. The number of nitrogens with one attached hydrogen (secondary N) is 1. The standard InChI is InChI=1S/C21H28N2O4S/c1-16(2)14-20(17-8-6-5-7-9-17)22-21(24)15-23(28(4,25)26)18-10-12-19(27-3)13-11-18/h5-13,16,20H,14-15H2,1-4H3,(H,22,24). The maximum absolute atomic E-state index is 12.7. The van der Waals surface area contributed by atoms with Crippen LogP contribution in [-0.2, 0) is 14.8 Å². The molecule has 0 aliphatic rings. The van der Waals surface area contributed by atoms with Gasteiger partial charge in [0, 0.05) is 0 Å². The molecule has 2 aromatic carbocycles. The highest BCUT2D eigenvalue weighted by Gasteiger charge is 2.23. The van der Waals surface area contributed by atoms with Crippen molar-refractivity contribution in [2.75, 3.05) is 24.2 Å². The molecule has 0 heterocycles. The summed E-state index contributed by atoms with van der Waals surface area (Å²) in [7, 11) is -2.09. The van der Waals surface area contributed by atoms with Gasteiger partial charge >= 0.3 is 0 Å². The number of rotatable bonds is 9. The first-order valence-corrected chi connectivity index (χ1v) is 11.0. The fourth-order valence-electron chi connectivity index (χ4n) is 2.95. The molecular weight excluding hydrogens is 376 g/mol. The Balaban J connectivity index is 2.19. The van der Waals surface area contributed by atoms with Gasteiger partial charge in [-0.3, -0.25) is 9.10 Å². The van der Waals surface area contributed by atoms with Crippen LogP contribution in [0.3, 0.4) is 0 Å². The highest BCUT2D eigenvalue weighted by atomic mass is 32.2. The Hall–Kier alpha value is -2.54. The lowest BCUT2D eigenvalue weighted by Crippen LogP contribution is -2.41. The topological polar surface area (TPSA) is 75.7 Å². The fraction of sp³-hybridized carbons (Fsp3) is 0.381. The minimum atomic E-state index is -3.62. The predicted molar refractivity (Wildman–Crippen MR) is 112 cm³/mol. The zero-order valence-corrected chi connectivity index (χ0v) is 17.6. The number of anilines is 1. The van der Waals surface area contributed by atoms with Gasteiger partial charge in [-0.2, -0.15) is 0 Å². The molecule has 0 spiro atoms. The summed E-state index contributed by atoms with van der Waals surface area (Å²) in [6.07, 6.45) is 1.85. The quantitative estimate of drug-likeness (QED) is 0.695. The van der Waals surface area contributed by atoms with Crippen LogP contribution in [0.4, 0.5) is 5.69 Å². The smallest absolute Gasteiger partial charge is 0.241 e. The van der Waals surface area contributed by atoms with Crippen LogP contribution in [0.1, 0.15) is 31.9 Å². The van der Waals surface area contributed by atoms with Crippen molar-refractivity contribution < 1.29 is 17.9 Å². The molecule has 28 heavy (non-hydrogen) atoms. The Morgan fingerprint density at radius 2 is 1.68 bits per heavy atom. The number of carbonyl (C=O) groups is 1. The molecule has 0 aliphatic carbocycles. The van der Waals surface area contributed by atoms with Crippen molar-refractivity contribution in [1.29, 1.82) is 0 Å². The summed E-state index contributed by atoms with van der Waals surface area (Å²) in [5.74, 6) is 0.636. The second-order valence-corrected chi connectivity index (χ2v) is 9.03. The van der Waals surface area contributed by atoms with Crippen molar-refractivity contribution in [3.63, 3.8) is 0 Å². The average molecular weight is 405 g/mol. The maximum atomic E-state index is 12.7. The first kappa shape index (κ1) is 21.8. The normalized spacial score (nSPS) is 12.5. The maximum Gasteiger partial charge on any atom is 0.241 e. The number of carbonyl (C=O) groups excluding carboxylic acids is 1. The highest BCUT2D eigenvalue weighted by molar-refractivity contribution is 7.92. The molecule has 0 fully saturated rings. The van der Waals surface area contributed by atoms with Gasteiger partial charge in [0.25, 0.3) is 0 Å². The molecule has 0 saturated heterocycles. The van der Waals surface area contributed by atoms with E-state index in [1.54, 1.807) is 24.3 Å². The number of benzene rings is 2. The number of hydrogen-bond donors (Lipinski definition) is 1. The largest absolute Gasteiger partial charge is 0.497 e.